The van der Waals surface area contributed by atoms with Crippen molar-refractivity contribution in [3.63, 3.8) is 0 Å². The molecule has 1 fully saturated rings. The number of fused-ring (bicyclic) bond motifs is 2. The van der Waals surface area contributed by atoms with E-state index in [0.29, 0.717) is 51.9 Å². The first-order valence-electron chi connectivity index (χ1n) is 11.1. The molecule has 1 saturated heterocycles. The van der Waals surface area contributed by atoms with Crippen LogP contribution in [-0.2, 0) is 6.42 Å². The largest absolute Gasteiger partial charge is 0.508 e. The topological polar surface area (TPSA) is 82.4 Å². The number of benzene rings is 2. The van der Waals surface area contributed by atoms with Gasteiger partial charge in [-0.2, -0.15) is 0 Å². The third-order valence-corrected chi connectivity index (χ3v) is 6.40. The summed E-state index contributed by atoms with van der Waals surface area (Å²) >= 11 is 0. The summed E-state index contributed by atoms with van der Waals surface area (Å²) in [6.07, 6.45) is 3.66. The van der Waals surface area contributed by atoms with E-state index in [9.17, 15) is 14.6 Å². The first-order chi connectivity index (χ1) is 15.9. The molecule has 2 N–H and O–H groups in total. The molecule has 5 rings (SSSR count). The highest BCUT2D eigenvalue weighted by Crippen LogP contribution is 2.39. The van der Waals surface area contributed by atoms with Crippen LogP contribution in [0.25, 0.3) is 32.9 Å². The molecule has 1 aliphatic rings. The molecule has 33 heavy (non-hydrogen) atoms. The highest BCUT2D eigenvalue weighted by Gasteiger charge is 2.28. The van der Waals surface area contributed by atoms with Gasteiger partial charge in [0.25, 0.3) is 0 Å². The van der Waals surface area contributed by atoms with Crippen LogP contribution >= 0.6 is 0 Å². The number of pyridine rings is 1. The number of rotatable bonds is 4. The first kappa shape index (κ1) is 21.5. The normalized spacial score (nSPS) is 16.3. The van der Waals surface area contributed by atoms with E-state index >= 15 is 4.39 Å². The van der Waals surface area contributed by atoms with Gasteiger partial charge in [-0.3, -0.25) is 4.98 Å². The van der Waals surface area contributed by atoms with Gasteiger partial charge in [-0.15, -0.1) is 0 Å². The van der Waals surface area contributed by atoms with Crippen LogP contribution in [0.15, 0.2) is 30.5 Å². The summed E-state index contributed by atoms with van der Waals surface area (Å²) in [6.45, 7) is 4.21. The Morgan fingerprint density at radius 2 is 2.00 bits per heavy atom. The SMILES string of the molecule is CCc1c(F)ccc2cc(O)cc(-c3ncc4c(N5CCC[C@@H]5CO)nc(C)nc4c3F)c12. The number of nitrogens with zero attached hydrogens (tertiary/aromatic N) is 4. The van der Waals surface area contributed by atoms with Crippen molar-refractivity contribution in [2.24, 2.45) is 0 Å². The molecule has 1 atom stereocenters. The number of aliphatic hydroxyl groups is 1. The highest BCUT2D eigenvalue weighted by atomic mass is 19.1. The maximum absolute atomic E-state index is 16.0. The van der Waals surface area contributed by atoms with Gasteiger partial charge >= 0.3 is 0 Å². The second kappa shape index (κ2) is 8.19. The minimum atomic E-state index is -0.655. The summed E-state index contributed by atoms with van der Waals surface area (Å²) in [7, 11) is 0. The van der Waals surface area contributed by atoms with Gasteiger partial charge in [0.15, 0.2) is 5.82 Å². The Balaban J connectivity index is 1.79. The number of aromatic hydroxyl groups is 1. The number of aromatic nitrogens is 3. The molecule has 0 bridgehead atoms. The van der Waals surface area contributed by atoms with Gasteiger partial charge in [-0.1, -0.05) is 13.0 Å². The quantitative estimate of drug-likeness (QED) is 0.471. The minimum absolute atomic E-state index is 0.00659. The molecule has 170 valence electrons. The Kier molecular flexibility index (Phi) is 5.32. The van der Waals surface area contributed by atoms with Crippen LogP contribution in [0.3, 0.4) is 0 Å². The van der Waals surface area contributed by atoms with Gasteiger partial charge in [-0.25, -0.2) is 18.7 Å². The summed E-state index contributed by atoms with van der Waals surface area (Å²) in [5, 5.41) is 21.6. The summed E-state index contributed by atoms with van der Waals surface area (Å²) in [6, 6.07) is 5.78. The van der Waals surface area contributed by atoms with E-state index in [-0.39, 0.29) is 35.4 Å². The zero-order valence-electron chi connectivity index (χ0n) is 18.4. The molecule has 4 aromatic rings. The minimum Gasteiger partial charge on any atom is -0.508 e. The van der Waals surface area contributed by atoms with E-state index in [1.54, 1.807) is 13.0 Å². The summed E-state index contributed by atoms with van der Waals surface area (Å²) < 4.78 is 30.6. The molecule has 6 nitrogen and oxygen atoms in total. The van der Waals surface area contributed by atoms with Crippen LogP contribution in [0, 0.1) is 18.6 Å². The van der Waals surface area contributed by atoms with Crippen molar-refractivity contribution in [1.82, 2.24) is 15.0 Å². The standard InChI is InChI=1S/C25H24F2N4O2/c1-3-17-20(26)7-6-14-9-16(33)10-18(21(14)17)23-22(27)24-19(11-28-23)25(30-13(2)29-24)31-8-4-5-15(31)12-32/h6-7,9-11,15,32-33H,3-5,8,12H2,1-2H3/t15-/m1/s1. The van der Waals surface area contributed by atoms with Gasteiger partial charge in [0.1, 0.15) is 34.4 Å². The molecule has 3 heterocycles. The summed E-state index contributed by atoms with van der Waals surface area (Å²) in [4.78, 5) is 15.3. The van der Waals surface area contributed by atoms with Crippen LogP contribution in [0.5, 0.6) is 5.75 Å². The highest BCUT2D eigenvalue weighted by molar-refractivity contribution is 6.01. The molecule has 0 amide bonds. The molecular weight excluding hydrogens is 426 g/mol. The maximum Gasteiger partial charge on any atom is 0.175 e. The van der Waals surface area contributed by atoms with Crippen LogP contribution in [0.1, 0.15) is 31.2 Å². The van der Waals surface area contributed by atoms with Crippen LogP contribution in [0.2, 0.25) is 0 Å². The fourth-order valence-corrected chi connectivity index (χ4v) is 4.89. The number of anilines is 1. The lowest BCUT2D eigenvalue weighted by Crippen LogP contribution is -2.33. The average Bonchev–Trinajstić information content (AvgIpc) is 3.28. The second-order valence-corrected chi connectivity index (χ2v) is 8.42. The molecule has 0 saturated carbocycles. The smallest absolute Gasteiger partial charge is 0.175 e. The van der Waals surface area contributed by atoms with E-state index in [2.05, 4.69) is 15.0 Å². The van der Waals surface area contributed by atoms with Gasteiger partial charge < -0.3 is 15.1 Å². The van der Waals surface area contributed by atoms with Crippen molar-refractivity contribution in [2.45, 2.75) is 39.2 Å². The average molecular weight is 450 g/mol. The van der Waals surface area contributed by atoms with E-state index in [4.69, 9.17) is 0 Å². The molecule has 0 spiro atoms. The molecule has 0 unspecified atom stereocenters. The predicted octanol–water partition coefficient (Wildman–Crippen LogP) is 4.66. The van der Waals surface area contributed by atoms with Crippen molar-refractivity contribution in [3.8, 4) is 17.0 Å². The number of halogens is 2. The van der Waals surface area contributed by atoms with Gasteiger partial charge in [0.05, 0.1) is 18.0 Å². The van der Waals surface area contributed by atoms with Gasteiger partial charge in [0.2, 0.25) is 0 Å². The molecule has 0 radical (unpaired) electrons. The lowest BCUT2D eigenvalue weighted by molar-refractivity contribution is 0.266. The van der Waals surface area contributed by atoms with Gasteiger partial charge in [-0.05, 0) is 60.7 Å². The maximum atomic E-state index is 16.0. The predicted molar refractivity (Wildman–Crippen MR) is 123 cm³/mol. The molecule has 0 aliphatic carbocycles. The Bertz CT molecular complexity index is 1390. The van der Waals surface area contributed by atoms with Crippen molar-refractivity contribution in [2.75, 3.05) is 18.1 Å². The summed E-state index contributed by atoms with van der Waals surface area (Å²) in [5.41, 5.74) is 0.851. The fraction of sp³-hybridized carbons (Fsp3) is 0.320. The molecular formula is C25H24F2N4O2. The fourth-order valence-electron chi connectivity index (χ4n) is 4.89. The zero-order chi connectivity index (χ0) is 23.3. The number of hydrogen-bond donors (Lipinski definition) is 2. The Morgan fingerprint density at radius 3 is 2.76 bits per heavy atom. The monoisotopic (exact) mass is 450 g/mol. The van der Waals surface area contributed by atoms with E-state index in [1.165, 1.54) is 24.4 Å². The van der Waals surface area contributed by atoms with Crippen LogP contribution < -0.4 is 4.90 Å². The Morgan fingerprint density at radius 1 is 1.18 bits per heavy atom. The molecule has 2 aromatic carbocycles. The van der Waals surface area contributed by atoms with Crippen LogP contribution in [0.4, 0.5) is 14.6 Å². The van der Waals surface area contributed by atoms with Crippen LogP contribution in [-0.4, -0.2) is 44.4 Å². The lowest BCUT2D eigenvalue weighted by atomic mass is 9.94. The van der Waals surface area contributed by atoms with Crippen molar-refractivity contribution in [1.29, 1.82) is 0 Å². The lowest BCUT2D eigenvalue weighted by Gasteiger charge is -2.25. The zero-order valence-corrected chi connectivity index (χ0v) is 18.4. The van der Waals surface area contributed by atoms with E-state index < -0.39 is 5.82 Å². The number of aliphatic hydroxyl groups excluding tert-OH is 1. The second-order valence-electron chi connectivity index (χ2n) is 8.42. The third kappa shape index (κ3) is 3.45. The van der Waals surface area contributed by atoms with Crippen molar-refractivity contribution < 1.29 is 19.0 Å². The van der Waals surface area contributed by atoms with Crippen molar-refractivity contribution >= 4 is 27.5 Å². The number of phenols is 1. The van der Waals surface area contributed by atoms with Gasteiger partial charge in [0, 0.05) is 18.3 Å². The molecule has 1 aliphatic heterocycles. The molecule has 8 heteroatoms. The van der Waals surface area contributed by atoms with E-state index in [0.717, 1.165) is 12.8 Å². The number of phenolic OH excluding ortho intramolecular Hbond substituents is 1. The Hall–Kier alpha value is -3.39. The molecule has 2 aromatic heterocycles. The summed E-state index contributed by atoms with van der Waals surface area (Å²) in [5.74, 6) is -0.152. The Labute approximate surface area is 189 Å². The first-order valence-corrected chi connectivity index (χ1v) is 11.1. The van der Waals surface area contributed by atoms with E-state index in [1.807, 2.05) is 11.8 Å². The third-order valence-electron chi connectivity index (χ3n) is 6.40. The number of aryl methyl sites for hydroxylation is 2. The number of hydrogen-bond acceptors (Lipinski definition) is 6. The van der Waals surface area contributed by atoms with Crippen molar-refractivity contribution in [3.05, 3.63) is 53.5 Å².